The van der Waals surface area contributed by atoms with Gasteiger partial charge < -0.3 is 24.8 Å². The Bertz CT molecular complexity index is 1750. The second-order valence-corrected chi connectivity index (χ2v) is 9.89. The number of para-hydroxylation sites is 1. The van der Waals surface area contributed by atoms with Gasteiger partial charge in [-0.1, -0.05) is 18.2 Å². The van der Waals surface area contributed by atoms with Crippen molar-refractivity contribution >= 4 is 28.3 Å². The molecule has 1 aliphatic heterocycles. The number of carbonyl (C=O) groups excluding carboxylic acids is 1. The van der Waals surface area contributed by atoms with Crippen molar-refractivity contribution in [3.8, 4) is 33.9 Å². The zero-order valence-corrected chi connectivity index (χ0v) is 23.9. The van der Waals surface area contributed by atoms with Crippen LogP contribution < -0.4 is 20.1 Å². The molecule has 0 fully saturated rings. The average molecular weight is 551 g/mol. The van der Waals surface area contributed by atoms with Crippen LogP contribution in [-0.2, 0) is 0 Å². The Morgan fingerprint density at radius 1 is 0.878 bits per heavy atom. The van der Waals surface area contributed by atoms with Crippen molar-refractivity contribution in [2.45, 2.75) is 27.7 Å². The van der Waals surface area contributed by atoms with E-state index in [1.54, 1.807) is 0 Å². The predicted octanol–water partition coefficient (Wildman–Crippen LogP) is 6.53. The van der Waals surface area contributed by atoms with Gasteiger partial charge >= 0.3 is 0 Å². The van der Waals surface area contributed by atoms with E-state index in [0.29, 0.717) is 5.69 Å². The molecule has 0 bridgehead atoms. The highest BCUT2D eigenvalue weighted by Crippen LogP contribution is 2.41. The Hall–Kier alpha value is -4.78. The lowest BCUT2D eigenvalue weighted by atomic mass is 9.93. The minimum atomic E-state index is -0.506. The van der Waals surface area contributed by atoms with E-state index in [0.717, 1.165) is 70.6 Å². The summed E-state index contributed by atoms with van der Waals surface area (Å²) < 4.78 is 8.86. The molecule has 0 saturated heterocycles. The van der Waals surface area contributed by atoms with E-state index in [-0.39, 0.29) is 11.3 Å². The molecule has 7 nitrogen and oxygen atoms in total. The van der Waals surface area contributed by atoms with E-state index in [1.165, 1.54) is 18.2 Å². The molecule has 0 radical (unpaired) electrons. The summed E-state index contributed by atoms with van der Waals surface area (Å²) in [5.74, 6) is -0.478. The number of hydrogen-bond donors (Lipinski definition) is 3. The third-order valence-corrected chi connectivity index (χ3v) is 7.64. The summed E-state index contributed by atoms with van der Waals surface area (Å²) in [4.78, 5) is 15.1. The van der Waals surface area contributed by atoms with Crippen molar-refractivity contribution in [3.63, 3.8) is 0 Å². The molecule has 1 heterocycles. The van der Waals surface area contributed by atoms with E-state index in [4.69, 9.17) is 4.42 Å². The molecule has 210 valence electrons. The topological polar surface area (TPSA) is 89.0 Å². The molecular weight excluding hydrogens is 514 g/mol. The number of nitrogens with one attached hydrogen (secondary N) is 1. The normalized spacial score (nSPS) is 11.1. The van der Waals surface area contributed by atoms with Gasteiger partial charge in [-0.15, -0.1) is 0 Å². The maximum absolute atomic E-state index is 12.8. The number of phenols is 2. The number of nitrogens with zero attached hydrogens (tertiary/aromatic N) is 2. The first-order valence-electron chi connectivity index (χ1n) is 14.1. The number of anilines is 2. The first kappa shape index (κ1) is 27.8. The van der Waals surface area contributed by atoms with Crippen molar-refractivity contribution in [3.05, 3.63) is 89.8 Å². The van der Waals surface area contributed by atoms with Crippen LogP contribution in [0, 0.1) is 0 Å². The zero-order valence-electron chi connectivity index (χ0n) is 23.9. The number of fused-ring (bicyclic) bond motifs is 2. The van der Waals surface area contributed by atoms with Crippen LogP contribution in [0.5, 0.6) is 11.5 Å². The van der Waals surface area contributed by atoms with Gasteiger partial charge in [-0.25, -0.2) is 4.58 Å². The number of rotatable bonds is 8. The zero-order chi connectivity index (χ0) is 29.1. The largest absolute Gasteiger partial charge is 0.504 e. The second kappa shape index (κ2) is 11.8. The first-order valence-corrected chi connectivity index (χ1v) is 14.1. The fourth-order valence-corrected chi connectivity index (χ4v) is 5.38. The highest BCUT2D eigenvalue weighted by molar-refractivity contribution is 6.07. The van der Waals surface area contributed by atoms with Crippen LogP contribution in [0.2, 0.25) is 0 Å². The summed E-state index contributed by atoms with van der Waals surface area (Å²) in [5.41, 5.74) is 5.55. The molecule has 7 heteroatoms. The Kier molecular flexibility index (Phi) is 7.97. The van der Waals surface area contributed by atoms with Gasteiger partial charge in [0, 0.05) is 53.1 Å². The Morgan fingerprint density at radius 2 is 1.61 bits per heavy atom. The van der Waals surface area contributed by atoms with Gasteiger partial charge in [0.15, 0.2) is 11.5 Å². The quantitative estimate of drug-likeness (QED) is 0.116. The smallest absolute Gasteiger partial charge is 0.259 e. The summed E-state index contributed by atoms with van der Waals surface area (Å²) in [6.45, 7) is 12.2. The number of amides is 1. The lowest BCUT2D eigenvalue weighted by molar-refractivity contribution is 0.102. The van der Waals surface area contributed by atoms with E-state index in [1.807, 2.05) is 24.3 Å². The maximum Gasteiger partial charge on any atom is 0.259 e. The lowest BCUT2D eigenvalue weighted by Crippen LogP contribution is -2.29. The molecule has 3 aromatic carbocycles. The molecule has 0 unspecified atom stereocenters. The van der Waals surface area contributed by atoms with E-state index < -0.39 is 11.7 Å². The van der Waals surface area contributed by atoms with Crippen LogP contribution in [-0.4, -0.2) is 42.3 Å². The highest BCUT2D eigenvalue weighted by Gasteiger charge is 2.20. The van der Waals surface area contributed by atoms with Gasteiger partial charge in [-0.05, 0) is 75.7 Å². The molecule has 3 N–H and O–H groups in total. The minimum absolute atomic E-state index is 0.00347. The number of phenolic OH excluding ortho intramolecular Hbond substituents is 2. The molecule has 1 aliphatic carbocycles. The molecule has 0 aromatic heterocycles. The molecule has 5 rings (SSSR count). The SMILES string of the molecule is CCN(CC)c1ccc2c(-c3ccc(NC(=O)c4cccc(O)c4O)cc3)c3ccc(=[N+](CC)CC)cc-3oc2c1. The summed E-state index contributed by atoms with van der Waals surface area (Å²) in [5, 5.41) is 24.8. The number of aromatic hydroxyl groups is 2. The molecule has 1 amide bonds. The van der Waals surface area contributed by atoms with Crippen molar-refractivity contribution in [1.82, 2.24) is 4.58 Å². The van der Waals surface area contributed by atoms with Gasteiger partial charge in [0.2, 0.25) is 5.36 Å². The summed E-state index contributed by atoms with van der Waals surface area (Å²) >= 11 is 0. The Morgan fingerprint density at radius 3 is 2.29 bits per heavy atom. The standard InChI is InChI=1S/C34H35N3O4/c1-5-36(6-2)24-16-18-26-30(20-24)41-31-21-25(37(7-3)8-4)17-19-27(31)32(26)22-12-14-23(15-13-22)35-34(40)28-10-9-11-29(38)33(28)39/h9-21H,5-8H2,1-4H3,(H2,38,39,40)/p+1. The van der Waals surface area contributed by atoms with Crippen molar-refractivity contribution < 1.29 is 19.4 Å². The summed E-state index contributed by atoms with van der Waals surface area (Å²) in [7, 11) is 0. The fourth-order valence-electron chi connectivity index (χ4n) is 5.38. The van der Waals surface area contributed by atoms with Gasteiger partial charge in [0.1, 0.15) is 24.4 Å². The molecule has 0 atom stereocenters. The third-order valence-electron chi connectivity index (χ3n) is 7.64. The van der Waals surface area contributed by atoms with Crippen LogP contribution in [0.15, 0.2) is 83.3 Å². The minimum Gasteiger partial charge on any atom is -0.504 e. The Balaban J connectivity index is 1.62. The van der Waals surface area contributed by atoms with Crippen LogP contribution in [0.1, 0.15) is 38.1 Å². The maximum atomic E-state index is 12.8. The molecular formula is C34H36N3O4+. The molecule has 3 aromatic rings. The average Bonchev–Trinajstić information content (AvgIpc) is 2.99. The van der Waals surface area contributed by atoms with Crippen LogP contribution in [0.4, 0.5) is 11.4 Å². The van der Waals surface area contributed by atoms with Gasteiger partial charge in [-0.3, -0.25) is 4.79 Å². The van der Waals surface area contributed by atoms with Crippen molar-refractivity contribution in [2.75, 3.05) is 36.4 Å². The number of benzene rings is 4. The molecule has 0 saturated carbocycles. The number of hydrogen-bond acceptors (Lipinski definition) is 5. The monoisotopic (exact) mass is 550 g/mol. The van der Waals surface area contributed by atoms with Crippen molar-refractivity contribution in [1.29, 1.82) is 0 Å². The fraction of sp³-hybridized carbons (Fsp3) is 0.235. The predicted molar refractivity (Wildman–Crippen MR) is 166 cm³/mol. The summed E-state index contributed by atoms with van der Waals surface area (Å²) in [6.07, 6.45) is 0. The van der Waals surface area contributed by atoms with Crippen LogP contribution in [0.25, 0.3) is 33.4 Å². The van der Waals surface area contributed by atoms with E-state index >= 15 is 0 Å². The first-order chi connectivity index (χ1) is 19.9. The van der Waals surface area contributed by atoms with Gasteiger partial charge in [-0.2, -0.15) is 0 Å². The Labute approximate surface area is 240 Å². The van der Waals surface area contributed by atoms with Crippen molar-refractivity contribution in [2.24, 2.45) is 0 Å². The van der Waals surface area contributed by atoms with Gasteiger partial charge in [0.25, 0.3) is 5.91 Å². The highest BCUT2D eigenvalue weighted by atomic mass is 16.3. The number of carbonyl (C=O) groups is 1. The van der Waals surface area contributed by atoms with Gasteiger partial charge in [0.05, 0.1) is 11.6 Å². The van der Waals surface area contributed by atoms with Crippen LogP contribution >= 0.6 is 0 Å². The van der Waals surface area contributed by atoms with E-state index in [2.05, 4.69) is 78.9 Å². The lowest BCUT2D eigenvalue weighted by Gasteiger charge is -2.22. The summed E-state index contributed by atoms with van der Waals surface area (Å²) in [6, 6.07) is 24.7. The molecule has 2 aliphatic rings. The van der Waals surface area contributed by atoms with E-state index in [9.17, 15) is 15.0 Å². The molecule has 41 heavy (non-hydrogen) atoms. The van der Waals surface area contributed by atoms with Crippen LogP contribution in [0.3, 0.4) is 0 Å². The second-order valence-electron chi connectivity index (χ2n) is 9.89. The third kappa shape index (κ3) is 5.35. The molecule has 0 spiro atoms.